The number of rotatable bonds is 14. The van der Waals surface area contributed by atoms with Crippen LogP contribution in [0, 0.1) is 29.1 Å². The molecule has 3 fully saturated rings. The fourth-order valence-corrected chi connectivity index (χ4v) is 5.63. The van der Waals surface area contributed by atoms with Crippen molar-refractivity contribution in [2.75, 3.05) is 6.54 Å². The lowest BCUT2D eigenvalue weighted by molar-refractivity contribution is -0.127. The zero-order chi connectivity index (χ0) is 40.8. The van der Waals surface area contributed by atoms with Gasteiger partial charge in [-0.3, -0.25) is 9.59 Å². The van der Waals surface area contributed by atoms with Gasteiger partial charge in [-0.2, -0.15) is 0 Å². The molecule has 2 aromatic carbocycles. The van der Waals surface area contributed by atoms with Gasteiger partial charge < -0.3 is 5.32 Å². The van der Waals surface area contributed by atoms with Crippen molar-refractivity contribution in [1.29, 1.82) is 0 Å². The molecule has 310 valence electrons. The summed E-state index contributed by atoms with van der Waals surface area (Å²) in [5.41, 5.74) is 3.32. The second-order valence-electron chi connectivity index (χ2n) is 17.5. The molecule has 3 saturated carbocycles. The molecule has 1 atom stereocenters. The highest BCUT2D eigenvalue weighted by atomic mass is 19.3. The summed E-state index contributed by atoms with van der Waals surface area (Å²) in [6.45, 7) is 21.5. The maximum atomic E-state index is 13.0. The summed E-state index contributed by atoms with van der Waals surface area (Å²) in [6.07, 6.45) is 18.6. The number of hydrogen-bond acceptors (Lipinski definition) is 2. The Morgan fingerprint density at radius 1 is 0.722 bits per heavy atom. The fourth-order valence-electron chi connectivity index (χ4n) is 5.63. The summed E-state index contributed by atoms with van der Waals surface area (Å²) in [7, 11) is 0. The third-order valence-electron chi connectivity index (χ3n) is 10.2. The standard InChI is InChI=1S/C12H21NO.C10H20F2.2C8H10.C6H10O.C5H12/c14-12(11-7-2-8-11)13-9-3-6-10-4-1-5-10;1-4-6-7-10(11,12)8-9(3)5-2;2*1-2-8-6-4-3-5-7-8;1-5(7)6-3-2-4-6;1-5(2,3)4/h10-11H,1-9H2,(H,13,14);9H,4-8H2,1-3H3;2*3-7H,2H2,1H3;6H,2-4H2,1H3;1-4H3. The molecule has 0 spiro atoms. The van der Waals surface area contributed by atoms with Crippen LogP contribution in [0.1, 0.15) is 183 Å². The summed E-state index contributed by atoms with van der Waals surface area (Å²) in [5.74, 6) is 0.202. The van der Waals surface area contributed by atoms with Crippen molar-refractivity contribution in [3.63, 3.8) is 0 Å². The number of hydrogen-bond donors (Lipinski definition) is 1. The maximum absolute atomic E-state index is 13.0. The van der Waals surface area contributed by atoms with Crippen molar-refractivity contribution in [3.05, 3.63) is 71.8 Å². The molecule has 54 heavy (non-hydrogen) atoms. The first-order chi connectivity index (χ1) is 25.5. The van der Waals surface area contributed by atoms with Gasteiger partial charge in [-0.15, -0.1) is 0 Å². The first kappa shape index (κ1) is 51.4. The number of unbranched alkanes of at least 4 members (excludes halogenated alkanes) is 1. The number of Topliss-reactive ketones (excluding diaryl/α,β-unsaturated/α-hetero) is 1. The van der Waals surface area contributed by atoms with Crippen molar-refractivity contribution in [1.82, 2.24) is 5.32 Å². The van der Waals surface area contributed by atoms with Crippen LogP contribution in [0.3, 0.4) is 0 Å². The van der Waals surface area contributed by atoms with E-state index >= 15 is 0 Å². The number of amides is 1. The maximum Gasteiger partial charge on any atom is 0.248 e. The first-order valence-corrected chi connectivity index (χ1v) is 21.8. The zero-order valence-corrected chi connectivity index (χ0v) is 36.6. The Labute approximate surface area is 332 Å². The van der Waals surface area contributed by atoms with Gasteiger partial charge in [0.1, 0.15) is 5.78 Å². The quantitative estimate of drug-likeness (QED) is 0.195. The van der Waals surface area contributed by atoms with Crippen LogP contribution in [0.15, 0.2) is 60.7 Å². The van der Waals surface area contributed by atoms with Gasteiger partial charge in [0, 0.05) is 31.2 Å². The van der Waals surface area contributed by atoms with Gasteiger partial charge in [-0.25, -0.2) is 8.78 Å². The Hall–Kier alpha value is -2.56. The number of nitrogens with one attached hydrogen (secondary N) is 1. The van der Waals surface area contributed by atoms with E-state index in [0.29, 0.717) is 35.4 Å². The Morgan fingerprint density at radius 2 is 1.17 bits per heavy atom. The topological polar surface area (TPSA) is 46.2 Å². The van der Waals surface area contributed by atoms with Crippen molar-refractivity contribution < 1.29 is 18.4 Å². The predicted octanol–water partition coefficient (Wildman–Crippen LogP) is 14.7. The van der Waals surface area contributed by atoms with E-state index in [0.717, 1.165) is 63.8 Å². The number of ketones is 1. The predicted molar refractivity (Wildman–Crippen MR) is 230 cm³/mol. The fraction of sp³-hybridized carbons (Fsp3) is 0.714. The molecule has 3 nitrogen and oxygen atoms in total. The minimum absolute atomic E-state index is 0.0590. The average molecular weight is 756 g/mol. The van der Waals surface area contributed by atoms with Crippen LogP contribution in [0.25, 0.3) is 0 Å². The molecular formula is C49H83F2NO2. The van der Waals surface area contributed by atoms with E-state index in [2.05, 4.69) is 95.4 Å². The van der Waals surface area contributed by atoms with Crippen molar-refractivity contribution in [2.45, 2.75) is 191 Å². The van der Waals surface area contributed by atoms with E-state index in [1.165, 1.54) is 56.1 Å². The molecule has 0 saturated heterocycles. The average Bonchev–Trinajstić information content (AvgIpc) is 3.05. The number of carbonyl (C=O) groups is 2. The molecule has 1 unspecified atom stereocenters. The molecule has 0 bridgehead atoms. The highest BCUT2D eigenvalue weighted by molar-refractivity contribution is 5.79. The highest BCUT2D eigenvalue weighted by Gasteiger charge is 2.29. The van der Waals surface area contributed by atoms with Crippen LogP contribution >= 0.6 is 0 Å². The smallest absolute Gasteiger partial charge is 0.248 e. The van der Waals surface area contributed by atoms with Gasteiger partial charge in [-0.05, 0) is 93.1 Å². The van der Waals surface area contributed by atoms with E-state index in [1.807, 2.05) is 32.9 Å². The Bertz CT molecular complexity index is 1120. The number of benzene rings is 2. The Balaban J connectivity index is 0.000000644. The SMILES string of the molecule is CC(=O)C1CCC1.CC(C)(C)C.CCCCC(F)(F)CC(C)CC.CCc1ccccc1.CCc1ccccc1.O=C(NCCCC1CCC1)C1CCC1. The van der Waals surface area contributed by atoms with Gasteiger partial charge in [0.2, 0.25) is 11.8 Å². The lowest BCUT2D eigenvalue weighted by atomic mass is 9.82. The monoisotopic (exact) mass is 756 g/mol. The minimum Gasteiger partial charge on any atom is -0.356 e. The van der Waals surface area contributed by atoms with Crippen molar-refractivity contribution in [2.24, 2.45) is 29.1 Å². The minimum atomic E-state index is -2.43. The third-order valence-corrected chi connectivity index (χ3v) is 10.2. The van der Waals surface area contributed by atoms with Crippen LogP contribution in [0.5, 0.6) is 0 Å². The van der Waals surface area contributed by atoms with Crippen LogP contribution < -0.4 is 5.32 Å². The summed E-state index contributed by atoms with van der Waals surface area (Å²) < 4.78 is 26.1. The number of alkyl halides is 2. The largest absolute Gasteiger partial charge is 0.356 e. The van der Waals surface area contributed by atoms with Crippen LogP contribution in [-0.2, 0) is 22.4 Å². The molecule has 2 aromatic rings. The summed E-state index contributed by atoms with van der Waals surface area (Å²) in [4.78, 5) is 21.9. The molecule has 5 rings (SSSR count). The first-order valence-electron chi connectivity index (χ1n) is 21.8. The number of halogens is 2. The zero-order valence-electron chi connectivity index (χ0n) is 36.6. The number of carbonyl (C=O) groups excluding carboxylic acids is 2. The van der Waals surface area contributed by atoms with Gasteiger partial charge >= 0.3 is 0 Å². The van der Waals surface area contributed by atoms with Gasteiger partial charge in [0.05, 0.1) is 0 Å². The molecule has 0 aliphatic heterocycles. The summed E-state index contributed by atoms with van der Waals surface area (Å²) >= 11 is 0. The lowest BCUT2D eigenvalue weighted by Gasteiger charge is -2.26. The lowest BCUT2D eigenvalue weighted by Crippen LogP contribution is -2.35. The third kappa shape index (κ3) is 29.8. The summed E-state index contributed by atoms with van der Waals surface area (Å²) in [5, 5.41) is 3.05. The normalized spacial score (nSPS) is 15.7. The highest BCUT2D eigenvalue weighted by Crippen LogP contribution is 2.31. The molecule has 3 aliphatic carbocycles. The second-order valence-corrected chi connectivity index (χ2v) is 17.5. The van der Waals surface area contributed by atoms with E-state index in [4.69, 9.17) is 0 Å². The molecule has 1 N–H and O–H groups in total. The molecule has 0 radical (unpaired) electrons. The molecular weight excluding hydrogens is 673 g/mol. The van der Waals surface area contributed by atoms with Gasteiger partial charge in [0.15, 0.2) is 0 Å². The van der Waals surface area contributed by atoms with Gasteiger partial charge in [0.25, 0.3) is 0 Å². The van der Waals surface area contributed by atoms with Crippen molar-refractivity contribution in [3.8, 4) is 0 Å². The molecule has 0 heterocycles. The van der Waals surface area contributed by atoms with Gasteiger partial charge in [-0.1, -0.05) is 168 Å². The van der Waals surface area contributed by atoms with E-state index in [-0.39, 0.29) is 18.8 Å². The van der Waals surface area contributed by atoms with Crippen LogP contribution in [0.2, 0.25) is 0 Å². The van der Waals surface area contributed by atoms with Crippen LogP contribution in [-0.4, -0.2) is 24.2 Å². The Morgan fingerprint density at radius 3 is 1.44 bits per heavy atom. The van der Waals surface area contributed by atoms with E-state index in [1.54, 1.807) is 6.92 Å². The van der Waals surface area contributed by atoms with Crippen molar-refractivity contribution >= 4 is 11.7 Å². The second kappa shape index (κ2) is 30.6. The number of aryl methyl sites for hydroxylation is 2. The molecule has 3 aliphatic rings. The van der Waals surface area contributed by atoms with Crippen LogP contribution in [0.4, 0.5) is 8.78 Å². The van der Waals surface area contributed by atoms with E-state index < -0.39 is 5.92 Å². The summed E-state index contributed by atoms with van der Waals surface area (Å²) in [6, 6.07) is 20.9. The van der Waals surface area contributed by atoms with E-state index in [9.17, 15) is 18.4 Å². The molecule has 1 amide bonds. The Kier molecular flexibility index (Phi) is 29.2. The molecule has 0 aromatic heterocycles. The molecule has 5 heteroatoms.